The molecule has 1 aliphatic rings. The van der Waals surface area contributed by atoms with Crippen molar-refractivity contribution in [3.63, 3.8) is 0 Å². The van der Waals surface area contributed by atoms with Gasteiger partial charge in [-0.2, -0.15) is 0 Å². The Balaban J connectivity index is 2.06. The van der Waals surface area contributed by atoms with E-state index in [1.807, 2.05) is 30.3 Å². The van der Waals surface area contributed by atoms with Crippen molar-refractivity contribution < 1.29 is 9.84 Å². The molecule has 0 atom stereocenters. The summed E-state index contributed by atoms with van der Waals surface area (Å²) in [4.78, 5) is 4.59. The van der Waals surface area contributed by atoms with E-state index < -0.39 is 0 Å². The lowest BCUT2D eigenvalue weighted by atomic mass is 9.95. The van der Waals surface area contributed by atoms with Gasteiger partial charge < -0.3 is 9.84 Å². The van der Waals surface area contributed by atoms with Crippen LogP contribution in [0.2, 0.25) is 0 Å². The molecule has 3 heteroatoms. The number of fused-ring (bicyclic) bond motifs is 1. The van der Waals surface area contributed by atoms with Crippen LogP contribution in [0.25, 0.3) is 10.9 Å². The fourth-order valence-electron chi connectivity index (χ4n) is 2.39. The summed E-state index contributed by atoms with van der Waals surface area (Å²) in [5, 5.41) is 11.0. The Morgan fingerprint density at radius 1 is 1.18 bits per heavy atom. The van der Waals surface area contributed by atoms with Crippen LogP contribution in [0, 0.1) is 0 Å². The molecule has 1 N–H and O–H groups in total. The fraction of sp³-hybridized carbons (Fsp3) is 0.357. The Morgan fingerprint density at radius 2 is 1.94 bits per heavy atom. The summed E-state index contributed by atoms with van der Waals surface area (Å²) in [6.07, 6.45) is 1.89. The fourth-order valence-corrected chi connectivity index (χ4v) is 2.39. The Bertz CT molecular complexity index is 533. The molecule has 17 heavy (non-hydrogen) atoms. The van der Waals surface area contributed by atoms with Gasteiger partial charge in [-0.3, -0.25) is 0 Å². The topological polar surface area (TPSA) is 42.4 Å². The van der Waals surface area contributed by atoms with Crippen molar-refractivity contribution in [2.75, 3.05) is 13.2 Å². The van der Waals surface area contributed by atoms with Gasteiger partial charge in [0.1, 0.15) is 5.75 Å². The standard InChI is InChI=1S/C14H15NO2/c16-13-9-11-3-1-2-4-12(11)15-14(13)10-5-7-17-8-6-10/h1-4,9-10,16H,5-8H2. The van der Waals surface area contributed by atoms with Crippen molar-refractivity contribution in [1.29, 1.82) is 0 Å². The molecule has 3 rings (SSSR count). The van der Waals surface area contributed by atoms with Crippen molar-refractivity contribution in [1.82, 2.24) is 4.98 Å². The highest BCUT2D eigenvalue weighted by Crippen LogP contribution is 2.33. The number of para-hydroxylation sites is 1. The predicted molar refractivity (Wildman–Crippen MR) is 66.2 cm³/mol. The number of nitrogens with zero attached hydrogens (tertiary/aromatic N) is 1. The highest BCUT2D eigenvalue weighted by atomic mass is 16.5. The molecular weight excluding hydrogens is 214 g/mol. The lowest BCUT2D eigenvalue weighted by molar-refractivity contribution is 0.0840. The second-order valence-corrected chi connectivity index (χ2v) is 4.47. The molecule has 0 unspecified atom stereocenters. The number of ether oxygens (including phenoxy) is 1. The number of benzene rings is 1. The number of rotatable bonds is 1. The molecule has 1 aromatic carbocycles. The van der Waals surface area contributed by atoms with Crippen LogP contribution in [-0.2, 0) is 4.74 Å². The largest absolute Gasteiger partial charge is 0.506 e. The maximum atomic E-state index is 10.1. The SMILES string of the molecule is Oc1cc2ccccc2nc1C1CCOCC1. The third-order valence-corrected chi connectivity index (χ3v) is 3.34. The maximum Gasteiger partial charge on any atom is 0.138 e. The molecule has 88 valence electrons. The summed E-state index contributed by atoms with van der Waals surface area (Å²) in [7, 11) is 0. The van der Waals surface area contributed by atoms with Gasteiger partial charge in [-0.1, -0.05) is 18.2 Å². The van der Waals surface area contributed by atoms with E-state index in [2.05, 4.69) is 4.98 Å². The quantitative estimate of drug-likeness (QED) is 0.817. The molecule has 1 fully saturated rings. The van der Waals surface area contributed by atoms with E-state index in [1.54, 1.807) is 0 Å². The summed E-state index contributed by atoms with van der Waals surface area (Å²) < 4.78 is 5.34. The summed E-state index contributed by atoms with van der Waals surface area (Å²) >= 11 is 0. The molecule has 1 aliphatic heterocycles. The Hall–Kier alpha value is -1.61. The molecule has 0 amide bonds. The van der Waals surface area contributed by atoms with Crippen LogP contribution in [0.4, 0.5) is 0 Å². The lowest BCUT2D eigenvalue weighted by Gasteiger charge is -2.22. The Morgan fingerprint density at radius 3 is 2.76 bits per heavy atom. The van der Waals surface area contributed by atoms with E-state index in [1.165, 1.54) is 0 Å². The molecule has 0 aliphatic carbocycles. The van der Waals surface area contributed by atoms with Gasteiger partial charge in [0, 0.05) is 24.5 Å². The number of aromatic nitrogens is 1. The van der Waals surface area contributed by atoms with E-state index >= 15 is 0 Å². The molecule has 0 saturated carbocycles. The number of pyridine rings is 1. The van der Waals surface area contributed by atoms with Gasteiger partial charge in [0.05, 0.1) is 11.2 Å². The van der Waals surface area contributed by atoms with Gasteiger partial charge in [0.15, 0.2) is 0 Å². The molecule has 3 nitrogen and oxygen atoms in total. The second kappa shape index (κ2) is 4.34. The summed E-state index contributed by atoms with van der Waals surface area (Å²) in [6, 6.07) is 9.69. The first-order chi connectivity index (χ1) is 8.34. The van der Waals surface area contributed by atoms with E-state index in [0.29, 0.717) is 11.7 Å². The minimum Gasteiger partial charge on any atom is -0.506 e. The van der Waals surface area contributed by atoms with Crippen molar-refractivity contribution in [3.05, 3.63) is 36.0 Å². The van der Waals surface area contributed by atoms with E-state index in [9.17, 15) is 5.11 Å². The normalized spacial score (nSPS) is 17.4. The Kier molecular flexibility index (Phi) is 2.69. The average molecular weight is 229 g/mol. The van der Waals surface area contributed by atoms with Crippen molar-refractivity contribution in [2.45, 2.75) is 18.8 Å². The third-order valence-electron chi connectivity index (χ3n) is 3.34. The molecule has 0 bridgehead atoms. The number of hydrogen-bond donors (Lipinski definition) is 1. The first kappa shape index (κ1) is 10.5. The third kappa shape index (κ3) is 1.98. The average Bonchev–Trinajstić information content (AvgIpc) is 2.39. The summed E-state index contributed by atoms with van der Waals surface area (Å²) in [5.41, 5.74) is 1.78. The van der Waals surface area contributed by atoms with Gasteiger partial charge >= 0.3 is 0 Å². The van der Waals surface area contributed by atoms with Crippen molar-refractivity contribution >= 4 is 10.9 Å². The van der Waals surface area contributed by atoms with Crippen molar-refractivity contribution in [3.8, 4) is 5.75 Å². The molecule has 0 spiro atoms. The molecular formula is C14H15NO2. The first-order valence-corrected chi connectivity index (χ1v) is 6.01. The zero-order chi connectivity index (χ0) is 11.7. The molecule has 1 saturated heterocycles. The molecule has 2 aromatic rings. The minimum absolute atomic E-state index is 0.315. The highest BCUT2D eigenvalue weighted by Gasteiger charge is 2.20. The smallest absolute Gasteiger partial charge is 0.138 e. The predicted octanol–water partition coefficient (Wildman–Crippen LogP) is 2.83. The van der Waals surface area contributed by atoms with Gasteiger partial charge in [-0.15, -0.1) is 0 Å². The van der Waals surface area contributed by atoms with E-state index in [0.717, 1.165) is 42.7 Å². The van der Waals surface area contributed by atoms with Gasteiger partial charge in [0.2, 0.25) is 0 Å². The highest BCUT2D eigenvalue weighted by molar-refractivity contribution is 5.80. The van der Waals surface area contributed by atoms with Crippen LogP contribution in [0.3, 0.4) is 0 Å². The molecule has 0 radical (unpaired) electrons. The molecule has 1 aromatic heterocycles. The van der Waals surface area contributed by atoms with E-state index in [4.69, 9.17) is 4.74 Å². The van der Waals surface area contributed by atoms with Crippen molar-refractivity contribution in [2.24, 2.45) is 0 Å². The van der Waals surface area contributed by atoms with Crippen LogP contribution < -0.4 is 0 Å². The van der Waals surface area contributed by atoms with Crippen LogP contribution in [-0.4, -0.2) is 23.3 Å². The summed E-state index contributed by atoms with van der Waals surface area (Å²) in [6.45, 7) is 1.53. The Labute approximate surface area is 100 Å². The van der Waals surface area contributed by atoms with Crippen LogP contribution in [0.5, 0.6) is 5.75 Å². The van der Waals surface area contributed by atoms with Gasteiger partial charge in [-0.25, -0.2) is 4.98 Å². The monoisotopic (exact) mass is 229 g/mol. The first-order valence-electron chi connectivity index (χ1n) is 6.01. The van der Waals surface area contributed by atoms with Gasteiger partial charge in [0.25, 0.3) is 0 Å². The molecule has 2 heterocycles. The zero-order valence-corrected chi connectivity index (χ0v) is 9.60. The van der Waals surface area contributed by atoms with Crippen LogP contribution >= 0.6 is 0 Å². The maximum absolute atomic E-state index is 10.1. The van der Waals surface area contributed by atoms with Gasteiger partial charge in [-0.05, 0) is 25.0 Å². The number of hydrogen-bond acceptors (Lipinski definition) is 3. The van der Waals surface area contributed by atoms with Crippen LogP contribution in [0.15, 0.2) is 30.3 Å². The minimum atomic E-state index is 0.315. The van der Waals surface area contributed by atoms with E-state index in [-0.39, 0.29) is 0 Å². The van der Waals surface area contributed by atoms with Crippen LogP contribution in [0.1, 0.15) is 24.5 Å². The lowest BCUT2D eigenvalue weighted by Crippen LogP contribution is -2.15. The second-order valence-electron chi connectivity index (χ2n) is 4.47. The summed E-state index contributed by atoms with van der Waals surface area (Å²) in [5.74, 6) is 0.643. The number of aromatic hydroxyl groups is 1. The zero-order valence-electron chi connectivity index (χ0n) is 9.60.